The largest absolute Gasteiger partial charge is 0.394 e. The molecule has 1 aromatic rings. The minimum atomic E-state index is -4.67. The Kier molecular flexibility index (Phi) is 7.11. The van der Waals surface area contributed by atoms with Gasteiger partial charge in [-0.05, 0) is 31.4 Å². The molecular weight excluding hydrogens is 280 g/mol. The Bertz CT molecular complexity index is 470. The minimum Gasteiger partial charge on any atom is -0.327 e. The van der Waals surface area contributed by atoms with Crippen molar-refractivity contribution in [3.05, 3.63) is 35.9 Å². The second-order valence-corrected chi connectivity index (χ2v) is 5.78. The van der Waals surface area contributed by atoms with Crippen molar-refractivity contribution in [2.75, 3.05) is 19.6 Å². The van der Waals surface area contributed by atoms with E-state index in [1.807, 2.05) is 0 Å². The van der Waals surface area contributed by atoms with Crippen LogP contribution >= 0.6 is 0 Å². The minimum absolute atomic E-state index is 0.398. The predicted molar refractivity (Wildman–Crippen MR) is 78.0 cm³/mol. The highest BCUT2D eigenvalue weighted by atomic mass is 32.3. The number of nitrogens with two attached hydrogens (primary N) is 1. The lowest BCUT2D eigenvalue weighted by molar-refractivity contribution is 0.211. The Balaban J connectivity index is 0.000000347. The normalized spacial score (nSPS) is 20.1. The molecule has 1 fully saturated rings. The highest BCUT2D eigenvalue weighted by molar-refractivity contribution is 7.79. The quantitative estimate of drug-likeness (QED) is 0.720. The van der Waals surface area contributed by atoms with Gasteiger partial charge in [-0.2, -0.15) is 8.42 Å². The van der Waals surface area contributed by atoms with E-state index in [1.54, 1.807) is 0 Å². The van der Waals surface area contributed by atoms with Gasteiger partial charge in [-0.1, -0.05) is 30.3 Å². The summed E-state index contributed by atoms with van der Waals surface area (Å²) < 4.78 is 31.6. The predicted octanol–water partition coefficient (Wildman–Crippen LogP) is 0.999. The number of hydrogen-bond acceptors (Lipinski definition) is 4. The van der Waals surface area contributed by atoms with E-state index in [0.29, 0.717) is 6.04 Å². The van der Waals surface area contributed by atoms with Crippen LogP contribution in [0, 0.1) is 0 Å². The molecule has 0 amide bonds. The third-order valence-electron chi connectivity index (χ3n) is 3.10. The molecular formula is C13H22N2O4S. The number of nitrogens with zero attached hydrogens (tertiary/aromatic N) is 1. The van der Waals surface area contributed by atoms with E-state index in [4.69, 9.17) is 23.3 Å². The summed E-state index contributed by atoms with van der Waals surface area (Å²) in [7, 11) is -4.67. The first-order valence-electron chi connectivity index (χ1n) is 6.56. The average Bonchev–Trinajstić information content (AvgIpc) is 2.36. The summed E-state index contributed by atoms with van der Waals surface area (Å²) in [5.74, 6) is 0. The summed E-state index contributed by atoms with van der Waals surface area (Å²) in [6.45, 7) is 3.45. The molecule has 1 unspecified atom stereocenters. The van der Waals surface area contributed by atoms with E-state index in [1.165, 1.54) is 24.9 Å². The van der Waals surface area contributed by atoms with Crippen LogP contribution in [0.3, 0.4) is 0 Å². The molecule has 0 aliphatic carbocycles. The molecule has 1 heterocycles. The zero-order valence-electron chi connectivity index (χ0n) is 11.4. The van der Waals surface area contributed by atoms with Crippen molar-refractivity contribution in [2.45, 2.75) is 25.3 Å². The van der Waals surface area contributed by atoms with Gasteiger partial charge in [0, 0.05) is 19.1 Å². The van der Waals surface area contributed by atoms with Crippen molar-refractivity contribution in [1.82, 2.24) is 4.90 Å². The molecule has 1 aromatic carbocycles. The molecule has 0 bridgehead atoms. The lowest BCUT2D eigenvalue weighted by Crippen LogP contribution is -2.43. The van der Waals surface area contributed by atoms with Gasteiger partial charge in [0.25, 0.3) is 0 Å². The van der Waals surface area contributed by atoms with Crippen molar-refractivity contribution >= 4 is 10.4 Å². The smallest absolute Gasteiger partial charge is 0.327 e. The van der Waals surface area contributed by atoms with Crippen LogP contribution in [-0.2, 0) is 16.8 Å². The van der Waals surface area contributed by atoms with E-state index in [2.05, 4.69) is 35.2 Å². The van der Waals surface area contributed by atoms with E-state index in [9.17, 15) is 0 Å². The fourth-order valence-electron chi connectivity index (χ4n) is 2.23. The van der Waals surface area contributed by atoms with Crippen molar-refractivity contribution in [1.29, 1.82) is 0 Å². The van der Waals surface area contributed by atoms with Crippen LogP contribution in [0.2, 0.25) is 0 Å². The molecule has 1 aliphatic rings. The van der Waals surface area contributed by atoms with Crippen LogP contribution in [-0.4, -0.2) is 48.1 Å². The van der Waals surface area contributed by atoms with Crippen molar-refractivity contribution in [2.24, 2.45) is 5.73 Å². The average molecular weight is 302 g/mol. The van der Waals surface area contributed by atoms with Gasteiger partial charge in [-0.25, -0.2) is 0 Å². The first-order valence-corrected chi connectivity index (χ1v) is 7.96. The van der Waals surface area contributed by atoms with Gasteiger partial charge >= 0.3 is 10.4 Å². The van der Waals surface area contributed by atoms with Gasteiger partial charge in [0.1, 0.15) is 0 Å². The Morgan fingerprint density at radius 1 is 1.25 bits per heavy atom. The summed E-state index contributed by atoms with van der Waals surface area (Å²) in [4.78, 5) is 2.49. The Morgan fingerprint density at radius 2 is 1.85 bits per heavy atom. The first-order chi connectivity index (χ1) is 9.34. The number of piperidine rings is 1. The van der Waals surface area contributed by atoms with Crippen molar-refractivity contribution in [3.63, 3.8) is 0 Å². The molecule has 1 atom stereocenters. The van der Waals surface area contributed by atoms with E-state index in [0.717, 1.165) is 19.5 Å². The monoisotopic (exact) mass is 302 g/mol. The van der Waals surface area contributed by atoms with Gasteiger partial charge in [0.2, 0.25) is 0 Å². The third kappa shape index (κ3) is 9.00. The summed E-state index contributed by atoms with van der Waals surface area (Å²) in [6.07, 6.45) is 3.60. The van der Waals surface area contributed by atoms with Crippen LogP contribution in [0.25, 0.3) is 0 Å². The number of likely N-dealkylation sites (tertiary alicyclic amines) is 1. The van der Waals surface area contributed by atoms with Crippen LogP contribution in [0.5, 0.6) is 0 Å². The zero-order valence-corrected chi connectivity index (χ0v) is 12.2. The molecule has 2 rings (SSSR count). The molecule has 0 saturated carbocycles. The number of hydrogen-bond donors (Lipinski definition) is 3. The van der Waals surface area contributed by atoms with Gasteiger partial charge in [-0.3, -0.25) is 9.11 Å². The third-order valence-corrected chi connectivity index (χ3v) is 3.10. The molecule has 0 radical (unpaired) electrons. The summed E-state index contributed by atoms with van der Waals surface area (Å²) in [5.41, 5.74) is 7.38. The highest BCUT2D eigenvalue weighted by Crippen LogP contribution is 2.09. The maximum absolute atomic E-state index is 8.74. The zero-order chi connectivity index (χ0) is 15.0. The second kappa shape index (κ2) is 8.33. The highest BCUT2D eigenvalue weighted by Gasteiger charge is 2.15. The fourth-order valence-corrected chi connectivity index (χ4v) is 2.23. The van der Waals surface area contributed by atoms with E-state index in [-0.39, 0.29) is 0 Å². The number of benzene rings is 1. The van der Waals surface area contributed by atoms with Crippen LogP contribution in [0.1, 0.15) is 18.4 Å². The van der Waals surface area contributed by atoms with Crippen LogP contribution in [0.4, 0.5) is 0 Å². The standard InChI is InChI=1S/C13H20N2.H2O4S/c14-13-7-4-9-15(11-13)10-8-12-5-2-1-3-6-12;1-5(2,3)4/h1-3,5-6,13H,4,7-11,14H2;(H2,1,2,3,4). The fraction of sp³-hybridized carbons (Fsp3) is 0.538. The van der Waals surface area contributed by atoms with Crippen molar-refractivity contribution in [3.8, 4) is 0 Å². The summed E-state index contributed by atoms with van der Waals surface area (Å²) in [5, 5.41) is 0. The summed E-state index contributed by atoms with van der Waals surface area (Å²) in [6, 6.07) is 11.1. The van der Waals surface area contributed by atoms with Crippen LogP contribution in [0.15, 0.2) is 30.3 Å². The summed E-state index contributed by atoms with van der Waals surface area (Å²) >= 11 is 0. The maximum atomic E-state index is 8.74. The Labute approximate surface area is 120 Å². The molecule has 7 heteroatoms. The van der Waals surface area contributed by atoms with Gasteiger partial charge in [0.05, 0.1) is 0 Å². The number of rotatable bonds is 3. The Hall–Kier alpha value is -0.990. The molecule has 114 valence electrons. The van der Waals surface area contributed by atoms with E-state index >= 15 is 0 Å². The lowest BCUT2D eigenvalue weighted by atomic mass is 10.1. The molecule has 1 aliphatic heterocycles. The molecule has 0 spiro atoms. The molecule has 6 nitrogen and oxygen atoms in total. The molecule has 0 aromatic heterocycles. The van der Waals surface area contributed by atoms with Crippen molar-refractivity contribution < 1.29 is 17.5 Å². The maximum Gasteiger partial charge on any atom is 0.394 e. The van der Waals surface area contributed by atoms with Gasteiger partial charge in [0.15, 0.2) is 0 Å². The second-order valence-electron chi connectivity index (χ2n) is 4.89. The van der Waals surface area contributed by atoms with Crippen LogP contribution < -0.4 is 5.73 Å². The Morgan fingerprint density at radius 3 is 2.40 bits per heavy atom. The van der Waals surface area contributed by atoms with E-state index < -0.39 is 10.4 Å². The first kappa shape index (κ1) is 17.1. The van der Waals surface area contributed by atoms with Gasteiger partial charge in [-0.15, -0.1) is 0 Å². The molecule has 4 N–H and O–H groups in total. The molecule has 20 heavy (non-hydrogen) atoms. The topological polar surface area (TPSA) is 104 Å². The lowest BCUT2D eigenvalue weighted by Gasteiger charge is -2.30. The molecule has 1 saturated heterocycles. The van der Waals surface area contributed by atoms with Gasteiger partial charge < -0.3 is 10.6 Å². The SMILES string of the molecule is NC1CCCN(CCc2ccccc2)C1.O=S(=O)(O)O.